The van der Waals surface area contributed by atoms with E-state index in [0.29, 0.717) is 22.2 Å². The molecule has 0 unspecified atom stereocenters. The Morgan fingerprint density at radius 2 is 1.97 bits per heavy atom. The van der Waals surface area contributed by atoms with Crippen molar-refractivity contribution in [2.24, 2.45) is 0 Å². The van der Waals surface area contributed by atoms with Crippen molar-refractivity contribution in [3.05, 3.63) is 29.5 Å². The summed E-state index contributed by atoms with van der Waals surface area (Å²) in [6, 6.07) is -0.315. The topological polar surface area (TPSA) is 91.8 Å². The molecular weight excluding hydrogens is 491 g/mol. The Kier molecular flexibility index (Phi) is 9.84. The molecule has 0 spiro atoms. The number of nitrogens with one attached hydrogen (secondary N) is 1. The molecule has 0 atom stereocenters. The first kappa shape index (κ1) is 26.6. The van der Waals surface area contributed by atoms with Gasteiger partial charge >= 0.3 is 18.2 Å². The number of allylic oxidation sites excluding steroid dienone is 2. The van der Waals surface area contributed by atoms with Crippen LogP contribution in [0.25, 0.3) is 0 Å². The number of carbonyl (C=O) groups is 2. The molecule has 0 aromatic carbocycles. The first-order valence-corrected chi connectivity index (χ1v) is 13.0. The first-order chi connectivity index (χ1) is 16.2. The van der Waals surface area contributed by atoms with Crippen LogP contribution in [0.3, 0.4) is 0 Å². The molecule has 3 rings (SSSR count). The minimum atomic E-state index is -4.40. The van der Waals surface area contributed by atoms with Gasteiger partial charge in [0.15, 0.2) is 5.13 Å². The van der Waals surface area contributed by atoms with E-state index < -0.39 is 17.7 Å². The maximum absolute atomic E-state index is 13.2. The minimum Gasteiger partial charge on any atom is -0.481 e. The molecule has 2 aliphatic carbocycles. The van der Waals surface area contributed by atoms with Gasteiger partial charge < -0.3 is 14.7 Å². The Balaban J connectivity index is 1.56. The second kappa shape index (κ2) is 12.6. The van der Waals surface area contributed by atoms with Gasteiger partial charge in [-0.2, -0.15) is 13.2 Å². The van der Waals surface area contributed by atoms with Gasteiger partial charge in [0.25, 0.3) is 0 Å². The number of carbonyl (C=O) groups excluding carboxylic acids is 1. The van der Waals surface area contributed by atoms with Crippen LogP contribution in [0.1, 0.15) is 44.9 Å². The van der Waals surface area contributed by atoms with Crippen molar-refractivity contribution >= 4 is 40.2 Å². The number of aliphatic carboxylic acids is 1. The number of hydrogen-bond acceptors (Lipinski definition) is 6. The number of ether oxygens (including phenoxy) is 1. The van der Waals surface area contributed by atoms with Gasteiger partial charge in [0.2, 0.25) is 0 Å². The van der Waals surface area contributed by atoms with Crippen LogP contribution in [-0.4, -0.2) is 64.7 Å². The van der Waals surface area contributed by atoms with Crippen LogP contribution in [0.2, 0.25) is 0 Å². The lowest BCUT2D eigenvalue weighted by atomic mass is 9.94. The number of thiazole rings is 1. The molecule has 188 valence electrons. The molecule has 1 heterocycles. The van der Waals surface area contributed by atoms with Gasteiger partial charge in [-0.25, -0.2) is 9.78 Å². The lowest BCUT2D eigenvalue weighted by Crippen LogP contribution is -2.45. The highest BCUT2D eigenvalue weighted by atomic mass is 32.2. The van der Waals surface area contributed by atoms with Crippen molar-refractivity contribution in [1.29, 1.82) is 0 Å². The summed E-state index contributed by atoms with van der Waals surface area (Å²) in [4.78, 5) is 29.6. The summed E-state index contributed by atoms with van der Waals surface area (Å²) in [6.45, 7) is 0.215. The van der Waals surface area contributed by atoms with E-state index in [1.807, 2.05) is 0 Å². The zero-order valence-electron chi connectivity index (χ0n) is 18.6. The van der Waals surface area contributed by atoms with E-state index in [1.54, 1.807) is 11.0 Å². The number of alkyl halides is 3. The third-order valence-electron chi connectivity index (χ3n) is 5.60. The monoisotopic (exact) mass is 519 g/mol. The number of aromatic nitrogens is 1. The van der Waals surface area contributed by atoms with Gasteiger partial charge in [-0.3, -0.25) is 10.1 Å². The molecule has 12 heteroatoms. The van der Waals surface area contributed by atoms with Crippen molar-refractivity contribution in [3.8, 4) is 0 Å². The Bertz CT molecular complexity index is 911. The van der Waals surface area contributed by atoms with Crippen LogP contribution in [0.15, 0.2) is 33.7 Å². The van der Waals surface area contributed by atoms with Gasteiger partial charge in [-0.1, -0.05) is 42.8 Å². The lowest BCUT2D eigenvalue weighted by molar-refractivity contribution is -0.133. The van der Waals surface area contributed by atoms with Crippen LogP contribution >= 0.6 is 23.1 Å². The second-order valence-corrected chi connectivity index (χ2v) is 10.4. The van der Waals surface area contributed by atoms with E-state index in [1.165, 1.54) is 23.6 Å². The maximum Gasteiger partial charge on any atom is 0.416 e. The predicted octanol–water partition coefficient (Wildman–Crippen LogP) is 5.71. The third kappa shape index (κ3) is 8.02. The summed E-state index contributed by atoms with van der Waals surface area (Å²) < 4.78 is 45.9. The normalized spacial score (nSPS) is 17.1. The fraction of sp³-hybridized carbons (Fsp3) is 0.591. The summed E-state index contributed by atoms with van der Waals surface area (Å²) in [6.07, 6.45) is 5.65. The summed E-state index contributed by atoms with van der Waals surface area (Å²) in [5, 5.41) is 11.9. The Hall–Kier alpha value is -2.05. The molecule has 0 aliphatic heterocycles. The number of nitrogens with zero attached hydrogens (tertiary/aromatic N) is 2. The van der Waals surface area contributed by atoms with Crippen LogP contribution in [-0.2, 0) is 9.53 Å². The second-order valence-electron chi connectivity index (χ2n) is 8.06. The zero-order chi connectivity index (χ0) is 24.6. The van der Waals surface area contributed by atoms with Crippen molar-refractivity contribution in [1.82, 2.24) is 9.88 Å². The highest BCUT2D eigenvalue weighted by Crippen LogP contribution is 2.34. The number of rotatable bonds is 10. The van der Waals surface area contributed by atoms with Crippen LogP contribution in [0.5, 0.6) is 0 Å². The molecule has 1 saturated carbocycles. The van der Waals surface area contributed by atoms with Gasteiger partial charge in [-0.15, -0.1) is 11.8 Å². The number of carboxylic acid groups (broad SMARTS) is 1. The first-order valence-electron chi connectivity index (χ1n) is 11.2. The Morgan fingerprint density at radius 1 is 1.24 bits per heavy atom. The molecule has 0 bridgehead atoms. The van der Waals surface area contributed by atoms with Gasteiger partial charge in [0, 0.05) is 12.6 Å². The van der Waals surface area contributed by atoms with E-state index in [9.17, 15) is 22.8 Å². The molecule has 34 heavy (non-hydrogen) atoms. The Labute approximate surface area is 204 Å². The number of urea groups is 1. The molecule has 1 aromatic rings. The average Bonchev–Trinajstić information content (AvgIpc) is 3.25. The number of thioether (sulfide) groups is 1. The molecular formula is C22H28F3N3O4S2. The standard InChI is InChI=1S/C22H28F3N3O4S2/c23-22(24,25)17-9-5-4-6-15(17)13-32-11-10-28(16-7-2-1-3-8-16)21(31)27-20-26-12-19(34-20)33-14-18(29)30/h6,9,12,16H,1-5,7-8,10-11,13-14H2,(H,29,30)(H,26,27,31). The summed E-state index contributed by atoms with van der Waals surface area (Å²) >= 11 is 2.32. The average molecular weight is 520 g/mol. The minimum absolute atomic E-state index is 0.0256. The summed E-state index contributed by atoms with van der Waals surface area (Å²) in [7, 11) is 0. The van der Waals surface area contributed by atoms with E-state index in [2.05, 4.69) is 10.3 Å². The number of anilines is 1. The van der Waals surface area contributed by atoms with Crippen LogP contribution < -0.4 is 5.32 Å². The molecule has 7 nitrogen and oxygen atoms in total. The molecule has 0 saturated heterocycles. The zero-order valence-corrected chi connectivity index (χ0v) is 20.2. The number of halogens is 3. The predicted molar refractivity (Wildman–Crippen MR) is 125 cm³/mol. The molecule has 0 radical (unpaired) electrons. The van der Waals surface area contributed by atoms with Crippen LogP contribution in [0, 0.1) is 0 Å². The fourth-order valence-electron chi connectivity index (χ4n) is 4.03. The van der Waals surface area contributed by atoms with E-state index in [-0.39, 0.29) is 43.2 Å². The van der Waals surface area contributed by atoms with Gasteiger partial charge in [0.05, 0.1) is 34.9 Å². The van der Waals surface area contributed by atoms with Crippen molar-refractivity contribution in [2.45, 2.75) is 61.4 Å². The van der Waals surface area contributed by atoms with Gasteiger partial charge in [0.1, 0.15) is 0 Å². The SMILES string of the molecule is O=C(O)CSc1cnc(NC(=O)N(CCOCC2=CCCC=C2C(F)(F)F)C2CCCCC2)s1. The number of carboxylic acids is 1. The molecule has 2 aliphatic rings. The van der Waals surface area contributed by atoms with E-state index in [4.69, 9.17) is 9.84 Å². The Morgan fingerprint density at radius 3 is 2.68 bits per heavy atom. The van der Waals surface area contributed by atoms with Crippen LogP contribution in [0.4, 0.5) is 23.1 Å². The maximum atomic E-state index is 13.2. The highest BCUT2D eigenvalue weighted by molar-refractivity contribution is 8.01. The molecule has 1 fully saturated rings. The molecule has 2 N–H and O–H groups in total. The van der Waals surface area contributed by atoms with Gasteiger partial charge in [-0.05, 0) is 31.3 Å². The molecule has 2 amide bonds. The van der Waals surface area contributed by atoms with E-state index in [0.717, 1.165) is 43.9 Å². The third-order valence-corrected chi connectivity index (χ3v) is 7.70. The summed E-state index contributed by atoms with van der Waals surface area (Å²) in [5.74, 6) is -1.03. The summed E-state index contributed by atoms with van der Waals surface area (Å²) in [5.41, 5.74) is -0.498. The lowest BCUT2D eigenvalue weighted by Gasteiger charge is -2.34. The number of hydrogen-bond donors (Lipinski definition) is 2. The smallest absolute Gasteiger partial charge is 0.416 e. The largest absolute Gasteiger partial charge is 0.481 e. The highest BCUT2D eigenvalue weighted by Gasteiger charge is 2.36. The number of amides is 2. The van der Waals surface area contributed by atoms with Crippen molar-refractivity contribution < 1.29 is 32.6 Å². The molecule has 1 aromatic heterocycles. The quantitative estimate of drug-likeness (QED) is 0.304. The fourth-order valence-corrected chi connectivity index (χ4v) is 5.61. The van der Waals surface area contributed by atoms with E-state index >= 15 is 0 Å². The van der Waals surface area contributed by atoms with Crippen molar-refractivity contribution in [3.63, 3.8) is 0 Å². The van der Waals surface area contributed by atoms with Crippen molar-refractivity contribution in [2.75, 3.05) is 30.8 Å².